The lowest BCUT2D eigenvalue weighted by Crippen LogP contribution is -2.01. The van der Waals surface area contributed by atoms with Crippen LogP contribution in [-0.2, 0) is 0 Å². The third-order valence-electron chi connectivity index (χ3n) is 7.04. The van der Waals surface area contributed by atoms with Crippen molar-refractivity contribution in [2.45, 2.75) is 181 Å². The maximum atomic E-state index is 4.01. The van der Waals surface area contributed by atoms with E-state index >= 15 is 0 Å². The lowest BCUT2D eigenvalue weighted by atomic mass is 9.89. The van der Waals surface area contributed by atoms with Gasteiger partial charge in [0.2, 0.25) is 0 Å². The number of hydrogen-bond acceptors (Lipinski definition) is 0. The third-order valence-corrected chi connectivity index (χ3v) is 7.04. The molecule has 0 rings (SSSR count). The van der Waals surface area contributed by atoms with E-state index in [4.69, 9.17) is 0 Å². The van der Waals surface area contributed by atoms with Gasteiger partial charge in [-0.3, -0.25) is 0 Å². The smallest absolute Gasteiger partial charge is 0.0414 e. The van der Waals surface area contributed by atoms with Gasteiger partial charge in [-0.2, -0.15) is 0 Å². The molecular formula is C30H61. The number of unbranched alkanes of at least 4 members (excludes halogenated alkanes) is 20. The maximum absolute atomic E-state index is 4.01. The molecule has 0 aliphatic rings. The predicted molar refractivity (Wildman–Crippen MR) is 140 cm³/mol. The summed E-state index contributed by atoms with van der Waals surface area (Å²) in [6.07, 6.45) is 37.7. The van der Waals surface area contributed by atoms with Crippen LogP contribution in [0.15, 0.2) is 0 Å². The highest BCUT2D eigenvalue weighted by Crippen LogP contribution is 2.24. The van der Waals surface area contributed by atoms with E-state index in [-0.39, 0.29) is 0 Å². The minimum atomic E-state index is 1.02. The minimum absolute atomic E-state index is 1.02. The van der Waals surface area contributed by atoms with Crippen molar-refractivity contribution in [3.63, 3.8) is 0 Å². The molecule has 0 aromatic heterocycles. The van der Waals surface area contributed by atoms with E-state index in [1.807, 2.05) is 0 Å². The molecule has 1 unspecified atom stereocenters. The zero-order chi connectivity index (χ0) is 22.0. The molecule has 0 nitrogen and oxygen atoms in total. The zero-order valence-electron chi connectivity index (χ0n) is 21.7. The fourth-order valence-corrected chi connectivity index (χ4v) is 4.88. The van der Waals surface area contributed by atoms with Gasteiger partial charge in [0.15, 0.2) is 0 Å². The van der Waals surface area contributed by atoms with Crippen molar-refractivity contribution in [1.82, 2.24) is 0 Å². The maximum Gasteiger partial charge on any atom is -0.0414 e. The van der Waals surface area contributed by atoms with E-state index in [1.54, 1.807) is 0 Å². The molecule has 0 N–H and O–H groups in total. The molecule has 1 atom stereocenters. The summed E-state index contributed by atoms with van der Waals surface area (Å²) in [5, 5.41) is 0. The van der Waals surface area contributed by atoms with Crippen molar-refractivity contribution in [2.75, 3.05) is 0 Å². The van der Waals surface area contributed by atoms with Gasteiger partial charge in [-0.25, -0.2) is 0 Å². The van der Waals surface area contributed by atoms with Crippen LogP contribution in [0.1, 0.15) is 181 Å². The predicted octanol–water partition coefficient (Wildman–Crippen LogP) is 11.6. The molecule has 0 heteroatoms. The SMILES string of the molecule is [CH2]CCCCCC(CCCCCCCCC)CCCCCCCCCCCCCC. The van der Waals surface area contributed by atoms with Crippen LogP contribution < -0.4 is 0 Å². The first-order valence-corrected chi connectivity index (χ1v) is 14.6. The van der Waals surface area contributed by atoms with Crippen LogP contribution in [0, 0.1) is 12.8 Å². The monoisotopic (exact) mass is 421 g/mol. The molecule has 0 saturated heterocycles. The normalized spacial score (nSPS) is 12.5. The molecule has 0 aromatic rings. The molecule has 0 bridgehead atoms. The van der Waals surface area contributed by atoms with Crippen LogP contribution >= 0.6 is 0 Å². The van der Waals surface area contributed by atoms with Crippen molar-refractivity contribution >= 4 is 0 Å². The Kier molecular flexibility index (Phi) is 27.0. The molecule has 1 radical (unpaired) electrons. The number of hydrogen-bond donors (Lipinski definition) is 0. The van der Waals surface area contributed by atoms with Crippen LogP contribution in [0.25, 0.3) is 0 Å². The van der Waals surface area contributed by atoms with Crippen LogP contribution in [-0.4, -0.2) is 0 Å². The van der Waals surface area contributed by atoms with E-state index in [2.05, 4.69) is 20.8 Å². The van der Waals surface area contributed by atoms with E-state index in [0.29, 0.717) is 0 Å². The van der Waals surface area contributed by atoms with Gasteiger partial charge in [0, 0.05) is 0 Å². The Balaban J connectivity index is 3.64. The van der Waals surface area contributed by atoms with Gasteiger partial charge in [0.25, 0.3) is 0 Å². The van der Waals surface area contributed by atoms with Gasteiger partial charge in [-0.1, -0.05) is 188 Å². The summed E-state index contributed by atoms with van der Waals surface area (Å²) in [5.41, 5.74) is 0. The summed E-state index contributed by atoms with van der Waals surface area (Å²) in [5.74, 6) is 1.02. The van der Waals surface area contributed by atoms with Gasteiger partial charge in [-0.15, -0.1) is 0 Å². The van der Waals surface area contributed by atoms with Gasteiger partial charge < -0.3 is 0 Å². The Morgan fingerprint density at radius 2 is 0.633 bits per heavy atom. The molecule has 0 fully saturated rings. The molecular weight excluding hydrogens is 360 g/mol. The third kappa shape index (κ3) is 24.3. The van der Waals surface area contributed by atoms with Crippen molar-refractivity contribution in [2.24, 2.45) is 5.92 Å². The minimum Gasteiger partial charge on any atom is -0.0654 e. The van der Waals surface area contributed by atoms with E-state index in [0.717, 1.165) is 12.3 Å². The Hall–Kier alpha value is 0. The van der Waals surface area contributed by atoms with Crippen molar-refractivity contribution < 1.29 is 0 Å². The average Bonchev–Trinajstić information content (AvgIpc) is 2.76. The van der Waals surface area contributed by atoms with E-state index < -0.39 is 0 Å². The summed E-state index contributed by atoms with van der Waals surface area (Å²) in [6.45, 7) is 8.63. The van der Waals surface area contributed by atoms with Crippen molar-refractivity contribution in [3.05, 3.63) is 6.92 Å². The molecule has 0 aliphatic carbocycles. The van der Waals surface area contributed by atoms with Crippen molar-refractivity contribution in [1.29, 1.82) is 0 Å². The Bertz CT molecular complexity index is 282. The lowest BCUT2D eigenvalue weighted by molar-refractivity contribution is 0.366. The quantitative estimate of drug-likeness (QED) is 0.122. The fourth-order valence-electron chi connectivity index (χ4n) is 4.88. The molecule has 0 heterocycles. The lowest BCUT2D eigenvalue weighted by Gasteiger charge is -2.17. The first-order chi connectivity index (χ1) is 14.8. The van der Waals surface area contributed by atoms with Crippen molar-refractivity contribution in [3.8, 4) is 0 Å². The van der Waals surface area contributed by atoms with Crippen LogP contribution in [0.2, 0.25) is 0 Å². The van der Waals surface area contributed by atoms with Crippen LogP contribution in [0.5, 0.6) is 0 Å². The van der Waals surface area contributed by atoms with E-state index in [9.17, 15) is 0 Å². The standard InChI is InChI=1S/C30H61/c1-4-7-10-13-15-16-17-18-19-21-23-26-29-30(27-24-12-9-6-3)28-25-22-20-14-11-8-5-2/h30H,3-29H2,1-2H3. The molecule has 0 aliphatic heterocycles. The average molecular weight is 422 g/mol. The summed E-state index contributed by atoms with van der Waals surface area (Å²) in [4.78, 5) is 0. The second-order valence-electron chi connectivity index (χ2n) is 10.2. The second-order valence-corrected chi connectivity index (χ2v) is 10.2. The summed E-state index contributed by atoms with van der Waals surface area (Å²) >= 11 is 0. The summed E-state index contributed by atoms with van der Waals surface area (Å²) in [6, 6.07) is 0. The topological polar surface area (TPSA) is 0 Å². The van der Waals surface area contributed by atoms with Crippen LogP contribution in [0.3, 0.4) is 0 Å². The first kappa shape index (κ1) is 30.0. The molecule has 30 heavy (non-hydrogen) atoms. The Morgan fingerprint density at radius 1 is 0.367 bits per heavy atom. The highest BCUT2D eigenvalue weighted by molar-refractivity contribution is 4.62. The zero-order valence-corrected chi connectivity index (χ0v) is 21.7. The van der Waals surface area contributed by atoms with Crippen LogP contribution in [0.4, 0.5) is 0 Å². The van der Waals surface area contributed by atoms with Gasteiger partial charge in [0.1, 0.15) is 0 Å². The molecule has 0 amide bonds. The summed E-state index contributed by atoms with van der Waals surface area (Å²) in [7, 11) is 0. The fraction of sp³-hybridized carbons (Fsp3) is 0.967. The summed E-state index contributed by atoms with van der Waals surface area (Å²) < 4.78 is 0. The highest BCUT2D eigenvalue weighted by atomic mass is 14.1. The van der Waals surface area contributed by atoms with Gasteiger partial charge in [0.05, 0.1) is 0 Å². The Morgan fingerprint density at radius 3 is 0.933 bits per heavy atom. The molecule has 0 saturated carbocycles. The van der Waals surface area contributed by atoms with E-state index in [1.165, 1.54) is 161 Å². The number of rotatable bonds is 26. The highest BCUT2D eigenvalue weighted by Gasteiger charge is 2.08. The first-order valence-electron chi connectivity index (χ1n) is 14.6. The Labute approximate surface area is 193 Å². The second kappa shape index (κ2) is 27.0. The molecule has 0 spiro atoms. The van der Waals surface area contributed by atoms with Gasteiger partial charge in [-0.05, 0) is 5.92 Å². The largest absolute Gasteiger partial charge is 0.0654 e. The molecule has 0 aromatic carbocycles. The molecule has 181 valence electrons. The van der Waals surface area contributed by atoms with Gasteiger partial charge >= 0.3 is 0 Å².